The molecule has 0 aliphatic heterocycles. The number of aromatic carboxylic acids is 1. The number of anilines is 1. The molecular weight excluding hydrogens is 262 g/mol. The molecule has 1 aliphatic rings. The highest BCUT2D eigenvalue weighted by Crippen LogP contribution is 2.38. The van der Waals surface area contributed by atoms with Crippen molar-refractivity contribution < 1.29 is 14.7 Å². The summed E-state index contributed by atoms with van der Waals surface area (Å²) in [6.07, 6.45) is 4.62. The molecule has 1 aliphatic carbocycles. The number of nitrogens with one attached hydrogen (secondary N) is 1. The molecule has 1 unspecified atom stereocenters. The number of carboxylic acid groups (broad SMARTS) is 1. The molecule has 1 amide bonds. The number of hydrogen-bond donors (Lipinski definition) is 2. The van der Waals surface area contributed by atoms with E-state index in [2.05, 4.69) is 5.32 Å². The highest BCUT2D eigenvalue weighted by molar-refractivity contribution is 7.17. The molecule has 1 heterocycles. The monoisotopic (exact) mass is 281 g/mol. The molecule has 19 heavy (non-hydrogen) atoms. The predicted octanol–water partition coefficient (Wildman–Crippen LogP) is 3.31. The Hall–Kier alpha value is -1.36. The van der Waals surface area contributed by atoms with Gasteiger partial charge in [-0.15, -0.1) is 11.3 Å². The summed E-state index contributed by atoms with van der Waals surface area (Å²) in [4.78, 5) is 24.5. The Bertz CT molecular complexity index is 507. The number of amides is 1. The summed E-state index contributed by atoms with van der Waals surface area (Å²) in [5, 5.41) is 12.7. The van der Waals surface area contributed by atoms with Gasteiger partial charge in [0.1, 0.15) is 5.00 Å². The maximum absolute atomic E-state index is 11.9. The van der Waals surface area contributed by atoms with Crippen LogP contribution in [0.3, 0.4) is 0 Å². The Morgan fingerprint density at radius 3 is 2.68 bits per heavy atom. The summed E-state index contributed by atoms with van der Waals surface area (Å²) in [7, 11) is 0. The fraction of sp³-hybridized carbons (Fsp3) is 0.571. The Morgan fingerprint density at radius 2 is 2.05 bits per heavy atom. The summed E-state index contributed by atoms with van der Waals surface area (Å²) >= 11 is 1.43. The number of carboxylic acids is 1. The first-order valence-corrected chi connectivity index (χ1v) is 7.55. The number of thiophene rings is 1. The van der Waals surface area contributed by atoms with Gasteiger partial charge in [-0.05, 0) is 37.7 Å². The molecule has 104 valence electrons. The fourth-order valence-corrected chi connectivity index (χ4v) is 3.58. The van der Waals surface area contributed by atoms with Gasteiger partial charge < -0.3 is 10.4 Å². The van der Waals surface area contributed by atoms with Crippen molar-refractivity contribution in [2.45, 2.75) is 46.0 Å². The largest absolute Gasteiger partial charge is 0.478 e. The molecule has 0 radical (unpaired) electrons. The standard InChI is InChI=1S/C14H19NO3S/c1-3-8(2)12(16)15-13-11(14(17)18)9-6-4-5-7-10(9)19-13/h8H,3-7H2,1-2H3,(H,15,16)(H,17,18). The zero-order valence-corrected chi connectivity index (χ0v) is 12.1. The van der Waals surface area contributed by atoms with Gasteiger partial charge in [0, 0.05) is 10.8 Å². The molecule has 1 aromatic heterocycles. The average Bonchev–Trinajstić information content (AvgIpc) is 2.75. The molecule has 4 nitrogen and oxygen atoms in total. The lowest BCUT2D eigenvalue weighted by molar-refractivity contribution is -0.119. The van der Waals surface area contributed by atoms with E-state index in [0.29, 0.717) is 10.6 Å². The van der Waals surface area contributed by atoms with Gasteiger partial charge in [-0.2, -0.15) is 0 Å². The van der Waals surface area contributed by atoms with Gasteiger partial charge in [0.2, 0.25) is 5.91 Å². The summed E-state index contributed by atoms with van der Waals surface area (Å²) in [6.45, 7) is 3.80. The highest BCUT2D eigenvalue weighted by atomic mass is 32.1. The van der Waals surface area contributed by atoms with E-state index < -0.39 is 5.97 Å². The summed E-state index contributed by atoms with van der Waals surface area (Å²) in [6, 6.07) is 0. The maximum atomic E-state index is 11.9. The molecule has 0 saturated carbocycles. The van der Waals surface area contributed by atoms with Crippen LogP contribution in [-0.4, -0.2) is 17.0 Å². The van der Waals surface area contributed by atoms with E-state index in [1.165, 1.54) is 11.3 Å². The van der Waals surface area contributed by atoms with Gasteiger partial charge in [-0.25, -0.2) is 4.79 Å². The minimum absolute atomic E-state index is 0.0939. The topological polar surface area (TPSA) is 66.4 Å². The molecule has 1 atom stereocenters. The van der Waals surface area contributed by atoms with Gasteiger partial charge >= 0.3 is 5.97 Å². The van der Waals surface area contributed by atoms with Crippen molar-refractivity contribution in [1.29, 1.82) is 0 Å². The van der Waals surface area contributed by atoms with Crippen molar-refractivity contribution in [2.75, 3.05) is 5.32 Å². The maximum Gasteiger partial charge on any atom is 0.339 e. The second kappa shape index (κ2) is 5.74. The van der Waals surface area contributed by atoms with Crippen LogP contribution in [0.5, 0.6) is 0 Å². The molecular formula is C14H19NO3S. The van der Waals surface area contributed by atoms with E-state index in [1.807, 2.05) is 13.8 Å². The first-order valence-electron chi connectivity index (χ1n) is 6.73. The van der Waals surface area contributed by atoms with Crippen LogP contribution < -0.4 is 5.32 Å². The van der Waals surface area contributed by atoms with Gasteiger partial charge in [0.15, 0.2) is 0 Å². The molecule has 1 aromatic rings. The Labute approximate surface area is 116 Å². The lowest BCUT2D eigenvalue weighted by Crippen LogP contribution is -2.20. The average molecular weight is 281 g/mol. The zero-order valence-electron chi connectivity index (χ0n) is 11.3. The van der Waals surface area contributed by atoms with E-state index in [-0.39, 0.29) is 11.8 Å². The van der Waals surface area contributed by atoms with Gasteiger partial charge in [0.25, 0.3) is 0 Å². The van der Waals surface area contributed by atoms with Crippen molar-refractivity contribution in [1.82, 2.24) is 0 Å². The van der Waals surface area contributed by atoms with Crippen LogP contribution in [0.25, 0.3) is 0 Å². The van der Waals surface area contributed by atoms with E-state index in [4.69, 9.17) is 0 Å². The summed E-state index contributed by atoms with van der Waals surface area (Å²) < 4.78 is 0. The molecule has 0 fully saturated rings. The Kier molecular flexibility index (Phi) is 4.24. The van der Waals surface area contributed by atoms with Crippen LogP contribution in [0.15, 0.2) is 0 Å². The molecule has 0 bridgehead atoms. The number of aryl methyl sites for hydroxylation is 1. The minimum atomic E-state index is -0.932. The normalized spacial score (nSPS) is 15.7. The molecule has 2 N–H and O–H groups in total. The van der Waals surface area contributed by atoms with Gasteiger partial charge in [-0.3, -0.25) is 4.79 Å². The third-order valence-electron chi connectivity index (χ3n) is 3.68. The lowest BCUT2D eigenvalue weighted by Gasteiger charge is -2.11. The fourth-order valence-electron chi connectivity index (χ4n) is 2.30. The lowest BCUT2D eigenvalue weighted by atomic mass is 9.95. The van der Waals surface area contributed by atoms with E-state index >= 15 is 0 Å². The number of rotatable bonds is 4. The molecule has 0 saturated heterocycles. The second-order valence-corrected chi connectivity index (χ2v) is 6.12. The first-order chi connectivity index (χ1) is 9.04. The second-order valence-electron chi connectivity index (χ2n) is 5.02. The zero-order chi connectivity index (χ0) is 14.0. The van der Waals surface area contributed by atoms with Crippen LogP contribution >= 0.6 is 11.3 Å². The van der Waals surface area contributed by atoms with Crippen molar-refractivity contribution in [3.05, 3.63) is 16.0 Å². The Morgan fingerprint density at radius 1 is 1.37 bits per heavy atom. The molecule has 5 heteroatoms. The van der Waals surface area contributed by atoms with Crippen molar-refractivity contribution >= 4 is 28.2 Å². The highest BCUT2D eigenvalue weighted by Gasteiger charge is 2.26. The van der Waals surface area contributed by atoms with Crippen LogP contribution in [0.1, 0.15) is 53.9 Å². The van der Waals surface area contributed by atoms with E-state index in [9.17, 15) is 14.7 Å². The number of carbonyl (C=O) groups is 2. The van der Waals surface area contributed by atoms with Crippen LogP contribution in [0.4, 0.5) is 5.00 Å². The van der Waals surface area contributed by atoms with E-state index in [0.717, 1.165) is 42.5 Å². The predicted molar refractivity (Wildman–Crippen MR) is 76.0 cm³/mol. The third-order valence-corrected chi connectivity index (χ3v) is 4.89. The Balaban J connectivity index is 2.32. The first kappa shape index (κ1) is 14.1. The van der Waals surface area contributed by atoms with Gasteiger partial charge in [0.05, 0.1) is 5.56 Å². The smallest absolute Gasteiger partial charge is 0.339 e. The molecule has 2 rings (SSSR count). The number of fused-ring (bicyclic) bond motifs is 1. The number of carbonyl (C=O) groups excluding carboxylic acids is 1. The number of hydrogen-bond acceptors (Lipinski definition) is 3. The van der Waals surface area contributed by atoms with Crippen LogP contribution in [-0.2, 0) is 17.6 Å². The summed E-state index contributed by atoms with van der Waals surface area (Å²) in [5.74, 6) is -1.12. The van der Waals surface area contributed by atoms with Crippen LogP contribution in [0, 0.1) is 5.92 Å². The van der Waals surface area contributed by atoms with Crippen molar-refractivity contribution in [2.24, 2.45) is 5.92 Å². The molecule has 0 spiro atoms. The van der Waals surface area contributed by atoms with Crippen molar-refractivity contribution in [3.63, 3.8) is 0 Å². The van der Waals surface area contributed by atoms with Gasteiger partial charge in [-0.1, -0.05) is 13.8 Å². The molecule has 0 aromatic carbocycles. The quantitative estimate of drug-likeness (QED) is 0.889. The minimum Gasteiger partial charge on any atom is -0.478 e. The third kappa shape index (κ3) is 2.81. The summed E-state index contributed by atoms with van der Waals surface area (Å²) in [5.41, 5.74) is 1.25. The van der Waals surface area contributed by atoms with Crippen molar-refractivity contribution in [3.8, 4) is 0 Å². The van der Waals surface area contributed by atoms with E-state index in [1.54, 1.807) is 0 Å². The van der Waals surface area contributed by atoms with Crippen LogP contribution in [0.2, 0.25) is 0 Å². The SMILES string of the molecule is CCC(C)C(=O)Nc1sc2c(c1C(=O)O)CCCC2.